The Labute approximate surface area is 180 Å². The summed E-state index contributed by atoms with van der Waals surface area (Å²) in [5.41, 5.74) is 13.8. The van der Waals surface area contributed by atoms with Crippen LogP contribution in [0.25, 0.3) is 0 Å². The summed E-state index contributed by atoms with van der Waals surface area (Å²) in [6.07, 6.45) is 3.13. The van der Waals surface area contributed by atoms with Gasteiger partial charge in [0.05, 0.1) is 17.4 Å². The zero-order valence-electron chi connectivity index (χ0n) is 16.9. The molecule has 11 heteroatoms. The minimum Gasteiger partial charge on any atom is -0.496 e. The number of rotatable bonds is 9. The molecule has 160 valence electrons. The van der Waals surface area contributed by atoms with Crippen LogP contribution in [0.3, 0.4) is 0 Å². The first-order valence-electron chi connectivity index (χ1n) is 8.95. The van der Waals surface area contributed by atoms with Crippen LogP contribution >= 0.6 is 23.1 Å². The standard InChI is InChI=1S/C18H27N5O3S3/c1-11-10-14(26-4)12(2)13(3)16(11)29(24,25)23-17(20)21-7-5-6-15(19)28-18-22-8-9-27-18/h8-10,15H,5-7,19H2,1-4H3,(H3,20,21,23)/t15-/m1/s1. The van der Waals surface area contributed by atoms with Crippen molar-refractivity contribution in [2.45, 2.75) is 48.2 Å². The summed E-state index contributed by atoms with van der Waals surface area (Å²) in [5, 5.41) is 1.81. The number of guanidine groups is 1. The molecule has 0 unspecified atom stereocenters. The minimum atomic E-state index is -3.85. The van der Waals surface area contributed by atoms with Gasteiger partial charge in [0.25, 0.3) is 10.0 Å². The van der Waals surface area contributed by atoms with Gasteiger partial charge in [-0.1, -0.05) is 11.8 Å². The molecule has 1 atom stereocenters. The molecule has 1 aromatic carbocycles. The van der Waals surface area contributed by atoms with Crippen LogP contribution in [0.4, 0.5) is 0 Å². The Morgan fingerprint density at radius 2 is 2.10 bits per heavy atom. The number of thiazole rings is 1. The van der Waals surface area contributed by atoms with E-state index < -0.39 is 10.0 Å². The van der Waals surface area contributed by atoms with Crippen LogP contribution in [-0.2, 0) is 10.0 Å². The third-order valence-electron chi connectivity index (χ3n) is 4.30. The average Bonchev–Trinajstić information content (AvgIpc) is 3.14. The number of sulfonamides is 1. The molecule has 5 N–H and O–H groups in total. The van der Waals surface area contributed by atoms with E-state index in [-0.39, 0.29) is 16.2 Å². The SMILES string of the molecule is COc1cc(C)c(S(=O)(=O)NC(N)=NCCC[C@H](N)Sc2nccs2)c(C)c1C. The van der Waals surface area contributed by atoms with Gasteiger partial charge in [-0.2, -0.15) is 0 Å². The number of benzene rings is 1. The Bertz CT molecular complexity index is 960. The molecular weight excluding hydrogens is 430 g/mol. The molecule has 1 aromatic heterocycles. The van der Waals surface area contributed by atoms with E-state index in [9.17, 15) is 8.42 Å². The Hall–Kier alpha value is -1.82. The van der Waals surface area contributed by atoms with Crippen LogP contribution in [0.15, 0.2) is 31.9 Å². The molecule has 0 saturated carbocycles. The highest BCUT2D eigenvalue weighted by atomic mass is 32.2. The molecule has 29 heavy (non-hydrogen) atoms. The van der Waals surface area contributed by atoms with Crippen molar-refractivity contribution in [2.24, 2.45) is 16.5 Å². The van der Waals surface area contributed by atoms with Crippen LogP contribution in [0.2, 0.25) is 0 Å². The smallest absolute Gasteiger partial charge is 0.264 e. The van der Waals surface area contributed by atoms with E-state index in [0.29, 0.717) is 36.3 Å². The van der Waals surface area contributed by atoms with E-state index in [1.165, 1.54) is 11.8 Å². The van der Waals surface area contributed by atoms with Gasteiger partial charge in [-0.25, -0.2) is 18.1 Å². The monoisotopic (exact) mass is 457 g/mol. The molecule has 0 amide bonds. The number of aromatic nitrogens is 1. The molecule has 2 rings (SSSR count). The lowest BCUT2D eigenvalue weighted by Crippen LogP contribution is -2.37. The molecule has 0 aliphatic carbocycles. The van der Waals surface area contributed by atoms with Crippen LogP contribution in [0, 0.1) is 20.8 Å². The largest absolute Gasteiger partial charge is 0.496 e. The Morgan fingerprint density at radius 1 is 1.38 bits per heavy atom. The minimum absolute atomic E-state index is 0.0955. The fraction of sp³-hybridized carbons (Fsp3) is 0.444. The second-order valence-electron chi connectivity index (χ2n) is 6.44. The van der Waals surface area contributed by atoms with E-state index in [4.69, 9.17) is 16.2 Å². The van der Waals surface area contributed by atoms with Gasteiger partial charge in [-0.15, -0.1) is 11.3 Å². The summed E-state index contributed by atoms with van der Waals surface area (Å²) in [6.45, 7) is 5.66. The Morgan fingerprint density at radius 3 is 2.72 bits per heavy atom. The molecule has 0 bridgehead atoms. The highest BCUT2D eigenvalue weighted by Crippen LogP contribution is 2.30. The van der Waals surface area contributed by atoms with Crippen LogP contribution in [-0.4, -0.2) is 38.4 Å². The predicted octanol–water partition coefficient (Wildman–Crippen LogP) is 2.53. The van der Waals surface area contributed by atoms with E-state index in [2.05, 4.69) is 14.7 Å². The second-order valence-corrected chi connectivity index (χ2v) is 10.4. The van der Waals surface area contributed by atoms with Crippen molar-refractivity contribution in [3.63, 3.8) is 0 Å². The van der Waals surface area contributed by atoms with Crippen LogP contribution in [0.5, 0.6) is 5.75 Å². The normalized spacial score (nSPS) is 13.3. The highest BCUT2D eigenvalue weighted by molar-refractivity contribution is 8.01. The van der Waals surface area contributed by atoms with Crippen molar-refractivity contribution in [2.75, 3.05) is 13.7 Å². The lowest BCUT2D eigenvalue weighted by Gasteiger charge is -2.17. The summed E-state index contributed by atoms with van der Waals surface area (Å²) in [6, 6.07) is 1.70. The summed E-state index contributed by atoms with van der Waals surface area (Å²) in [4.78, 5) is 8.49. The number of nitrogens with one attached hydrogen (secondary N) is 1. The maximum Gasteiger partial charge on any atom is 0.264 e. The van der Waals surface area contributed by atoms with E-state index in [1.807, 2.05) is 12.3 Å². The number of hydrogen-bond acceptors (Lipinski definition) is 8. The maximum absolute atomic E-state index is 12.8. The lowest BCUT2D eigenvalue weighted by molar-refractivity contribution is 0.410. The van der Waals surface area contributed by atoms with E-state index in [0.717, 1.165) is 9.90 Å². The summed E-state index contributed by atoms with van der Waals surface area (Å²) < 4.78 is 34.2. The van der Waals surface area contributed by atoms with Gasteiger partial charge < -0.3 is 16.2 Å². The Kier molecular flexibility index (Phi) is 8.32. The topological polar surface area (TPSA) is 133 Å². The number of methoxy groups -OCH3 is 1. The number of nitrogens with two attached hydrogens (primary N) is 2. The zero-order valence-corrected chi connectivity index (χ0v) is 19.4. The van der Waals surface area contributed by atoms with Crippen molar-refractivity contribution in [1.29, 1.82) is 0 Å². The molecule has 0 saturated heterocycles. The van der Waals surface area contributed by atoms with Gasteiger partial charge in [0.2, 0.25) is 5.96 Å². The number of aliphatic imine (C=N–C) groups is 1. The summed E-state index contributed by atoms with van der Waals surface area (Å²) in [7, 11) is -2.30. The fourth-order valence-corrected chi connectivity index (χ4v) is 6.08. The number of hydrogen-bond donors (Lipinski definition) is 3. The molecule has 1 heterocycles. The second kappa shape index (κ2) is 10.3. The van der Waals surface area contributed by atoms with Crippen LogP contribution in [0.1, 0.15) is 29.5 Å². The van der Waals surface area contributed by atoms with Gasteiger partial charge >= 0.3 is 0 Å². The van der Waals surface area contributed by atoms with E-state index >= 15 is 0 Å². The number of nitrogens with zero attached hydrogens (tertiary/aromatic N) is 2. The van der Waals surface area contributed by atoms with Crippen molar-refractivity contribution in [3.05, 3.63) is 34.3 Å². The molecule has 0 spiro atoms. The summed E-state index contributed by atoms with van der Waals surface area (Å²) >= 11 is 3.05. The third kappa shape index (κ3) is 6.33. The third-order valence-corrected chi connectivity index (χ3v) is 7.93. The van der Waals surface area contributed by atoms with Gasteiger partial charge in [0.15, 0.2) is 4.34 Å². The van der Waals surface area contributed by atoms with Crippen LogP contribution < -0.4 is 20.9 Å². The first-order valence-corrected chi connectivity index (χ1v) is 12.2. The van der Waals surface area contributed by atoms with Gasteiger partial charge in [-0.3, -0.25) is 4.99 Å². The summed E-state index contributed by atoms with van der Waals surface area (Å²) in [5.74, 6) is 0.506. The molecule has 8 nitrogen and oxygen atoms in total. The zero-order chi connectivity index (χ0) is 21.6. The molecule has 0 radical (unpaired) electrons. The average molecular weight is 458 g/mol. The van der Waals surface area contributed by atoms with Crippen molar-refractivity contribution in [1.82, 2.24) is 9.71 Å². The highest BCUT2D eigenvalue weighted by Gasteiger charge is 2.23. The van der Waals surface area contributed by atoms with Crippen molar-refractivity contribution in [3.8, 4) is 5.75 Å². The molecule has 2 aromatic rings. The van der Waals surface area contributed by atoms with Gasteiger partial charge in [0, 0.05) is 18.1 Å². The number of aryl methyl sites for hydroxylation is 1. The quantitative estimate of drug-likeness (QED) is 0.173. The van der Waals surface area contributed by atoms with Gasteiger partial charge in [-0.05, 0) is 56.4 Å². The maximum atomic E-state index is 12.8. The molecular formula is C18H27N5O3S3. The fourth-order valence-electron chi connectivity index (χ4n) is 2.82. The molecule has 0 aliphatic heterocycles. The first-order chi connectivity index (χ1) is 13.7. The van der Waals surface area contributed by atoms with Gasteiger partial charge in [0.1, 0.15) is 5.75 Å². The molecule has 0 fully saturated rings. The Balaban J connectivity index is 1.97. The van der Waals surface area contributed by atoms with Crippen molar-refractivity contribution < 1.29 is 13.2 Å². The van der Waals surface area contributed by atoms with Crippen molar-refractivity contribution >= 4 is 39.1 Å². The number of ether oxygens (including phenoxy) is 1. The lowest BCUT2D eigenvalue weighted by atomic mass is 10.1. The molecule has 0 aliphatic rings. The first kappa shape index (κ1) is 23.5. The van der Waals surface area contributed by atoms with E-state index in [1.54, 1.807) is 44.6 Å². The predicted molar refractivity (Wildman–Crippen MR) is 119 cm³/mol. The number of thioether (sulfide) groups is 1.